The number of hydrogen-bond donors (Lipinski definition) is 2. The van der Waals surface area contributed by atoms with Crippen LogP contribution in [0, 0.1) is 0 Å². The number of hydrogen-bond acceptors (Lipinski definition) is 4. The molecule has 0 unspecified atom stereocenters. The van der Waals surface area contributed by atoms with Crippen LogP contribution in [0.2, 0.25) is 0 Å². The van der Waals surface area contributed by atoms with E-state index in [9.17, 15) is 13.2 Å². The van der Waals surface area contributed by atoms with Crippen molar-refractivity contribution in [1.29, 1.82) is 0 Å². The number of nitrogens with two attached hydrogens (primary N) is 1. The first-order valence-corrected chi connectivity index (χ1v) is 8.55. The minimum absolute atomic E-state index is 0.0615. The van der Waals surface area contributed by atoms with Gasteiger partial charge in [0.1, 0.15) is 0 Å². The Kier molecular flexibility index (Phi) is 7.10. The molecule has 6 nitrogen and oxygen atoms in total. The summed E-state index contributed by atoms with van der Waals surface area (Å²) in [5.74, 6) is -0.282. The second-order valence-corrected chi connectivity index (χ2v) is 6.47. The predicted molar refractivity (Wildman–Crippen MR) is 96.4 cm³/mol. The van der Waals surface area contributed by atoms with Crippen LogP contribution in [0.3, 0.4) is 0 Å². The zero-order valence-electron chi connectivity index (χ0n) is 15.1. The van der Waals surface area contributed by atoms with Crippen molar-refractivity contribution >= 4 is 11.6 Å². The number of aliphatic imine (C=N–C) groups is 1. The summed E-state index contributed by atoms with van der Waals surface area (Å²) in [6.07, 6.45) is -2.53. The molecule has 9 heteroatoms. The van der Waals surface area contributed by atoms with Crippen molar-refractivity contribution in [2.24, 2.45) is 10.7 Å². The van der Waals surface area contributed by atoms with Crippen LogP contribution in [0.4, 0.5) is 18.9 Å². The van der Waals surface area contributed by atoms with E-state index in [-0.39, 0.29) is 17.4 Å². The summed E-state index contributed by atoms with van der Waals surface area (Å²) in [6, 6.07) is 6.34. The Bertz CT molecular complexity index is 598. The number of benzene rings is 1. The average Bonchev–Trinajstić information content (AvgIpc) is 2.56. The van der Waals surface area contributed by atoms with Crippen LogP contribution in [0.1, 0.15) is 12.8 Å². The Morgan fingerprint density at radius 1 is 1.31 bits per heavy atom. The summed E-state index contributed by atoms with van der Waals surface area (Å²) in [5.41, 5.74) is 5.92. The number of para-hydroxylation sites is 2. The maximum atomic E-state index is 12.4. The molecule has 26 heavy (non-hydrogen) atoms. The molecule has 1 fully saturated rings. The first-order chi connectivity index (χ1) is 12.2. The van der Waals surface area contributed by atoms with Crippen LogP contribution in [0.15, 0.2) is 29.3 Å². The van der Waals surface area contributed by atoms with Gasteiger partial charge in [0.25, 0.3) is 0 Å². The average molecular weight is 373 g/mol. The van der Waals surface area contributed by atoms with Gasteiger partial charge in [-0.15, -0.1) is 13.2 Å². The molecule has 0 spiro atoms. The highest BCUT2D eigenvalue weighted by Crippen LogP contribution is 2.29. The molecule has 146 valence electrons. The molecule has 0 atom stereocenters. The van der Waals surface area contributed by atoms with E-state index >= 15 is 0 Å². The molecule has 2 rings (SSSR count). The molecular formula is C17H26F3N5O. The molecule has 0 bridgehead atoms. The number of alkyl halides is 3. The van der Waals surface area contributed by atoms with Crippen LogP contribution in [0.25, 0.3) is 0 Å². The van der Waals surface area contributed by atoms with Crippen molar-refractivity contribution in [3.63, 3.8) is 0 Å². The van der Waals surface area contributed by atoms with Crippen molar-refractivity contribution in [3.05, 3.63) is 24.3 Å². The first kappa shape index (κ1) is 20.3. The Morgan fingerprint density at radius 3 is 2.58 bits per heavy atom. The smallest absolute Gasteiger partial charge is 0.404 e. The molecule has 1 aliphatic rings. The normalized spacial score (nSPS) is 17.5. The third-order valence-electron chi connectivity index (χ3n) is 4.36. The SMILES string of the molecule is CN(C)C1CCN(CCN=C(N)Nc2ccccc2OC(F)(F)F)CC1. The third kappa shape index (κ3) is 6.72. The summed E-state index contributed by atoms with van der Waals surface area (Å²) in [4.78, 5) is 8.76. The highest BCUT2D eigenvalue weighted by Gasteiger charge is 2.32. The number of guanidine groups is 1. The highest BCUT2D eigenvalue weighted by molar-refractivity contribution is 5.93. The van der Waals surface area contributed by atoms with E-state index in [1.165, 1.54) is 18.2 Å². The van der Waals surface area contributed by atoms with Crippen LogP contribution < -0.4 is 15.8 Å². The lowest BCUT2D eigenvalue weighted by Gasteiger charge is -2.34. The number of halogens is 3. The minimum Gasteiger partial charge on any atom is -0.404 e. The fourth-order valence-electron chi connectivity index (χ4n) is 2.93. The minimum atomic E-state index is -4.76. The van der Waals surface area contributed by atoms with E-state index < -0.39 is 6.36 Å². The quantitative estimate of drug-likeness (QED) is 0.592. The summed E-state index contributed by atoms with van der Waals surface area (Å²) < 4.78 is 41.3. The van der Waals surface area contributed by atoms with Gasteiger partial charge in [-0.25, -0.2) is 0 Å². The molecule has 1 aromatic carbocycles. The van der Waals surface area contributed by atoms with Crippen molar-refractivity contribution in [2.75, 3.05) is 45.6 Å². The Balaban J connectivity index is 1.82. The molecule has 0 aliphatic carbocycles. The largest absolute Gasteiger partial charge is 0.573 e. The van der Waals surface area contributed by atoms with Gasteiger partial charge in [0.2, 0.25) is 0 Å². The lowest BCUT2D eigenvalue weighted by molar-refractivity contribution is -0.274. The van der Waals surface area contributed by atoms with Crippen LogP contribution in [-0.4, -0.2) is 68.4 Å². The van der Waals surface area contributed by atoms with Crippen molar-refractivity contribution < 1.29 is 17.9 Å². The second-order valence-electron chi connectivity index (χ2n) is 6.47. The molecule has 0 amide bonds. The van der Waals surface area contributed by atoms with Crippen LogP contribution in [-0.2, 0) is 0 Å². The molecule has 1 saturated heterocycles. The standard InChI is InChI=1S/C17H26F3N5O/c1-24(2)13-7-10-25(11-8-13)12-9-22-16(21)23-14-5-3-4-6-15(14)26-17(18,19)20/h3-6,13H,7-12H2,1-2H3,(H3,21,22,23). The summed E-state index contributed by atoms with van der Waals surface area (Å²) in [5, 5.41) is 2.67. The molecular weight excluding hydrogens is 347 g/mol. The maximum Gasteiger partial charge on any atom is 0.573 e. The number of rotatable bonds is 6. The number of piperidine rings is 1. The van der Waals surface area contributed by atoms with Crippen molar-refractivity contribution in [1.82, 2.24) is 9.80 Å². The topological polar surface area (TPSA) is 66.1 Å². The van der Waals surface area contributed by atoms with Crippen LogP contribution in [0.5, 0.6) is 5.75 Å². The number of likely N-dealkylation sites (tertiary alicyclic amines) is 1. The van der Waals surface area contributed by atoms with Crippen LogP contribution >= 0.6 is 0 Å². The zero-order chi connectivity index (χ0) is 19.2. The van der Waals surface area contributed by atoms with Gasteiger partial charge in [0.05, 0.1) is 12.2 Å². The number of nitrogens with zero attached hydrogens (tertiary/aromatic N) is 3. The molecule has 1 heterocycles. The Labute approximate surface area is 151 Å². The van der Waals surface area contributed by atoms with Gasteiger partial charge < -0.3 is 25.6 Å². The lowest BCUT2D eigenvalue weighted by Crippen LogP contribution is -2.42. The van der Waals surface area contributed by atoms with E-state index in [2.05, 4.69) is 38.9 Å². The number of anilines is 1. The van der Waals surface area contributed by atoms with Gasteiger partial charge in [-0.3, -0.25) is 4.99 Å². The van der Waals surface area contributed by atoms with Gasteiger partial charge in [-0.1, -0.05) is 12.1 Å². The van der Waals surface area contributed by atoms with Gasteiger partial charge >= 0.3 is 6.36 Å². The van der Waals surface area contributed by atoms with E-state index in [1.54, 1.807) is 6.07 Å². The van der Waals surface area contributed by atoms with E-state index in [1.807, 2.05) is 0 Å². The van der Waals surface area contributed by atoms with Gasteiger partial charge in [-0.2, -0.15) is 0 Å². The molecule has 1 aliphatic heterocycles. The fourth-order valence-corrected chi connectivity index (χ4v) is 2.93. The van der Waals surface area contributed by atoms with E-state index in [4.69, 9.17) is 5.73 Å². The highest BCUT2D eigenvalue weighted by atomic mass is 19.4. The fraction of sp³-hybridized carbons (Fsp3) is 0.588. The Morgan fingerprint density at radius 2 is 1.96 bits per heavy atom. The van der Waals surface area contributed by atoms with Crippen molar-refractivity contribution in [2.45, 2.75) is 25.2 Å². The van der Waals surface area contributed by atoms with Gasteiger partial charge in [0, 0.05) is 12.6 Å². The molecule has 3 N–H and O–H groups in total. The molecule has 1 aromatic rings. The van der Waals surface area contributed by atoms with E-state index in [0.717, 1.165) is 32.5 Å². The third-order valence-corrected chi connectivity index (χ3v) is 4.36. The molecule has 0 aromatic heterocycles. The van der Waals surface area contributed by atoms with Gasteiger partial charge in [-0.05, 0) is 52.2 Å². The number of nitrogens with one attached hydrogen (secondary N) is 1. The second kappa shape index (κ2) is 9.09. The monoisotopic (exact) mass is 373 g/mol. The predicted octanol–water partition coefficient (Wildman–Crippen LogP) is 2.34. The zero-order valence-corrected chi connectivity index (χ0v) is 15.1. The van der Waals surface area contributed by atoms with Gasteiger partial charge in [0.15, 0.2) is 11.7 Å². The molecule has 0 saturated carbocycles. The molecule has 0 radical (unpaired) electrons. The summed E-state index contributed by atoms with van der Waals surface area (Å²) >= 11 is 0. The lowest BCUT2D eigenvalue weighted by atomic mass is 10.0. The van der Waals surface area contributed by atoms with Crippen molar-refractivity contribution in [3.8, 4) is 5.75 Å². The van der Waals surface area contributed by atoms with E-state index in [0.29, 0.717) is 12.6 Å². The summed E-state index contributed by atoms with van der Waals surface area (Å²) in [6.45, 7) is 3.26. The maximum absolute atomic E-state index is 12.4. The number of ether oxygens (including phenoxy) is 1. The Hall–Kier alpha value is -2.00. The first-order valence-electron chi connectivity index (χ1n) is 8.55. The summed E-state index contributed by atoms with van der Waals surface area (Å²) in [7, 11) is 4.19.